The molecular weight excluding hydrogens is 195 g/mol. The minimum Gasteiger partial charge on any atom is -0.395 e. The van der Waals surface area contributed by atoms with E-state index < -0.39 is 12.6 Å². The fourth-order valence-corrected chi connectivity index (χ4v) is 1.23. The summed E-state index contributed by atoms with van der Waals surface area (Å²) in [7, 11) is 0. The highest BCUT2D eigenvalue weighted by molar-refractivity contribution is 4.57. The maximum absolute atomic E-state index is 11.8. The number of aliphatic hydroxyl groups is 1. The van der Waals surface area contributed by atoms with Gasteiger partial charge < -0.3 is 10.0 Å². The van der Waals surface area contributed by atoms with Crippen molar-refractivity contribution in [2.45, 2.75) is 32.4 Å². The number of hydrogen-bond acceptors (Lipinski definition) is 2. The first-order valence-electron chi connectivity index (χ1n) is 4.89. The van der Waals surface area contributed by atoms with Crippen LogP contribution >= 0.6 is 0 Å². The lowest BCUT2D eigenvalue weighted by molar-refractivity contribution is -0.135. The highest BCUT2D eigenvalue weighted by atomic mass is 19.4. The predicted molar refractivity (Wildman–Crippen MR) is 49.1 cm³/mol. The third-order valence-electron chi connectivity index (χ3n) is 2.05. The third-order valence-corrected chi connectivity index (χ3v) is 2.05. The lowest BCUT2D eigenvalue weighted by atomic mass is 10.2. The van der Waals surface area contributed by atoms with Crippen LogP contribution in [0.2, 0.25) is 0 Å². The Morgan fingerprint density at radius 1 is 1.14 bits per heavy atom. The number of likely N-dealkylation sites (N-methyl/N-ethyl adjacent to an activating group) is 1. The maximum Gasteiger partial charge on any atom is 0.389 e. The second-order valence-electron chi connectivity index (χ2n) is 3.23. The number of halogens is 3. The number of unbranched alkanes of at least 4 members (excludes halogenated alkanes) is 1. The lowest BCUT2D eigenvalue weighted by Gasteiger charge is -2.18. The SMILES string of the molecule is CCN(CCO)CCCCC(F)(F)F. The topological polar surface area (TPSA) is 23.5 Å². The molecule has 0 aliphatic carbocycles. The van der Waals surface area contributed by atoms with Crippen LogP contribution in [0, 0.1) is 0 Å². The van der Waals surface area contributed by atoms with Crippen LogP contribution in [-0.2, 0) is 0 Å². The summed E-state index contributed by atoms with van der Waals surface area (Å²) in [6.45, 7) is 3.94. The van der Waals surface area contributed by atoms with Crippen molar-refractivity contribution in [1.29, 1.82) is 0 Å². The Labute approximate surface area is 82.7 Å². The van der Waals surface area contributed by atoms with Gasteiger partial charge in [-0.05, 0) is 25.9 Å². The van der Waals surface area contributed by atoms with Gasteiger partial charge in [0.05, 0.1) is 6.61 Å². The van der Waals surface area contributed by atoms with Crippen LogP contribution in [0.15, 0.2) is 0 Å². The van der Waals surface area contributed by atoms with E-state index in [1.165, 1.54) is 0 Å². The molecule has 0 aliphatic rings. The van der Waals surface area contributed by atoms with E-state index in [2.05, 4.69) is 0 Å². The molecule has 0 radical (unpaired) electrons. The monoisotopic (exact) mass is 213 g/mol. The summed E-state index contributed by atoms with van der Waals surface area (Å²) in [5.41, 5.74) is 0. The van der Waals surface area contributed by atoms with Crippen LogP contribution in [-0.4, -0.2) is 42.4 Å². The molecule has 0 bridgehead atoms. The van der Waals surface area contributed by atoms with Gasteiger partial charge in [-0.15, -0.1) is 0 Å². The molecule has 0 unspecified atom stereocenters. The van der Waals surface area contributed by atoms with Crippen molar-refractivity contribution >= 4 is 0 Å². The van der Waals surface area contributed by atoms with Gasteiger partial charge in [-0.1, -0.05) is 6.92 Å². The molecular formula is C9H18F3NO. The summed E-state index contributed by atoms with van der Waals surface area (Å²) in [6.07, 6.45) is -4.03. The largest absolute Gasteiger partial charge is 0.395 e. The molecule has 0 aromatic rings. The van der Waals surface area contributed by atoms with Crippen LogP contribution in [0.5, 0.6) is 0 Å². The standard InChI is InChI=1S/C9H18F3NO/c1-2-13(7-8-14)6-4-3-5-9(10,11)12/h14H,2-8H2,1H3. The molecule has 1 N–H and O–H groups in total. The molecule has 0 heterocycles. The predicted octanol–water partition coefficient (Wildman–Crippen LogP) is 2.03. The zero-order chi connectivity index (χ0) is 11.0. The molecule has 0 aromatic carbocycles. The number of hydrogen-bond donors (Lipinski definition) is 1. The van der Waals surface area contributed by atoms with E-state index in [9.17, 15) is 13.2 Å². The molecule has 0 rings (SSSR count). The summed E-state index contributed by atoms with van der Waals surface area (Å²) in [5, 5.41) is 8.63. The first kappa shape index (κ1) is 13.7. The summed E-state index contributed by atoms with van der Waals surface area (Å²) in [6, 6.07) is 0. The second kappa shape index (κ2) is 7.06. The van der Waals surface area contributed by atoms with Gasteiger partial charge in [0, 0.05) is 13.0 Å². The zero-order valence-corrected chi connectivity index (χ0v) is 8.48. The van der Waals surface area contributed by atoms with E-state index in [0.29, 0.717) is 19.5 Å². The van der Waals surface area contributed by atoms with Gasteiger partial charge in [-0.25, -0.2) is 0 Å². The molecule has 0 amide bonds. The highest BCUT2D eigenvalue weighted by Crippen LogP contribution is 2.22. The Morgan fingerprint density at radius 2 is 1.79 bits per heavy atom. The summed E-state index contributed by atoms with van der Waals surface area (Å²) in [5.74, 6) is 0. The van der Waals surface area contributed by atoms with Crippen molar-refractivity contribution in [3.8, 4) is 0 Å². The Hall–Kier alpha value is -0.290. The maximum atomic E-state index is 11.8. The Balaban J connectivity index is 3.42. The minimum atomic E-state index is -4.03. The first-order valence-corrected chi connectivity index (χ1v) is 4.89. The van der Waals surface area contributed by atoms with Gasteiger partial charge >= 0.3 is 6.18 Å². The average Bonchev–Trinajstić information content (AvgIpc) is 2.08. The first-order chi connectivity index (χ1) is 6.49. The number of nitrogens with zero attached hydrogens (tertiary/aromatic N) is 1. The van der Waals surface area contributed by atoms with E-state index in [1.54, 1.807) is 0 Å². The van der Waals surface area contributed by atoms with Gasteiger partial charge in [0.25, 0.3) is 0 Å². The number of alkyl halides is 3. The Morgan fingerprint density at radius 3 is 2.21 bits per heavy atom. The van der Waals surface area contributed by atoms with Gasteiger partial charge in [0.15, 0.2) is 0 Å². The van der Waals surface area contributed by atoms with Crippen molar-refractivity contribution in [3.63, 3.8) is 0 Å². The van der Waals surface area contributed by atoms with E-state index in [1.807, 2.05) is 11.8 Å². The van der Waals surface area contributed by atoms with Gasteiger partial charge in [-0.2, -0.15) is 13.2 Å². The van der Waals surface area contributed by atoms with Gasteiger partial charge in [0.1, 0.15) is 0 Å². The molecule has 0 aromatic heterocycles. The van der Waals surface area contributed by atoms with Crippen LogP contribution in [0.4, 0.5) is 13.2 Å². The summed E-state index contributed by atoms with van der Waals surface area (Å²) >= 11 is 0. The van der Waals surface area contributed by atoms with E-state index in [-0.39, 0.29) is 13.0 Å². The molecule has 0 atom stereocenters. The number of rotatable bonds is 7. The van der Waals surface area contributed by atoms with E-state index in [0.717, 1.165) is 6.54 Å². The van der Waals surface area contributed by atoms with Gasteiger partial charge in [0.2, 0.25) is 0 Å². The van der Waals surface area contributed by atoms with Gasteiger partial charge in [-0.3, -0.25) is 0 Å². The fraction of sp³-hybridized carbons (Fsp3) is 1.00. The quantitative estimate of drug-likeness (QED) is 0.654. The second-order valence-corrected chi connectivity index (χ2v) is 3.23. The van der Waals surface area contributed by atoms with Crippen LogP contribution < -0.4 is 0 Å². The average molecular weight is 213 g/mol. The van der Waals surface area contributed by atoms with Crippen molar-refractivity contribution in [2.75, 3.05) is 26.2 Å². The third kappa shape index (κ3) is 8.31. The molecule has 0 saturated carbocycles. The smallest absolute Gasteiger partial charge is 0.389 e. The summed E-state index contributed by atoms with van der Waals surface area (Å²) < 4.78 is 35.3. The normalized spacial score (nSPS) is 12.4. The molecule has 0 saturated heterocycles. The van der Waals surface area contributed by atoms with Crippen molar-refractivity contribution < 1.29 is 18.3 Å². The van der Waals surface area contributed by atoms with Crippen molar-refractivity contribution in [3.05, 3.63) is 0 Å². The van der Waals surface area contributed by atoms with E-state index >= 15 is 0 Å². The Bertz CT molecular complexity index is 139. The number of aliphatic hydroxyl groups excluding tert-OH is 1. The van der Waals surface area contributed by atoms with Crippen molar-refractivity contribution in [2.24, 2.45) is 0 Å². The minimum absolute atomic E-state index is 0.0626. The molecule has 5 heteroatoms. The molecule has 0 fully saturated rings. The van der Waals surface area contributed by atoms with Crippen LogP contribution in [0.1, 0.15) is 26.2 Å². The van der Waals surface area contributed by atoms with Crippen LogP contribution in [0.25, 0.3) is 0 Å². The molecule has 0 aliphatic heterocycles. The van der Waals surface area contributed by atoms with Crippen molar-refractivity contribution in [1.82, 2.24) is 4.90 Å². The van der Waals surface area contributed by atoms with Crippen LogP contribution in [0.3, 0.4) is 0 Å². The molecule has 14 heavy (non-hydrogen) atoms. The fourth-order valence-electron chi connectivity index (χ4n) is 1.23. The molecule has 0 spiro atoms. The molecule has 2 nitrogen and oxygen atoms in total. The zero-order valence-electron chi connectivity index (χ0n) is 8.48. The highest BCUT2D eigenvalue weighted by Gasteiger charge is 2.25. The Kier molecular flexibility index (Phi) is 6.92. The summed E-state index contributed by atoms with van der Waals surface area (Å²) in [4.78, 5) is 1.94. The lowest BCUT2D eigenvalue weighted by Crippen LogP contribution is -2.27. The van der Waals surface area contributed by atoms with E-state index in [4.69, 9.17) is 5.11 Å². The molecule has 86 valence electrons.